The minimum absolute atomic E-state index is 0.233. The smallest absolute Gasteiger partial charge is 0.125 e. The lowest BCUT2D eigenvalue weighted by Gasteiger charge is -2.08. The van der Waals surface area contributed by atoms with Gasteiger partial charge in [-0.15, -0.1) is 0 Å². The molecular weight excluding hydrogens is 176 g/mol. The Morgan fingerprint density at radius 2 is 2.21 bits per heavy atom. The van der Waals surface area contributed by atoms with Gasteiger partial charge in [-0.05, 0) is 31.7 Å². The molecule has 0 amide bonds. The molecule has 1 aromatic carbocycles. The summed E-state index contributed by atoms with van der Waals surface area (Å²) in [5.74, 6) is 0.334. The van der Waals surface area contributed by atoms with Crippen molar-refractivity contribution in [3.05, 3.63) is 30.0 Å². The SMILES string of the molecule is CNC(C)c1c[nH]c2cccc(O)c12. The van der Waals surface area contributed by atoms with Gasteiger partial charge in [0.1, 0.15) is 5.75 Å². The van der Waals surface area contributed by atoms with Crippen LogP contribution in [0.25, 0.3) is 10.9 Å². The van der Waals surface area contributed by atoms with Gasteiger partial charge in [0.15, 0.2) is 0 Å². The standard InChI is InChI=1S/C11H14N2O/c1-7(12-2)8-6-13-9-4-3-5-10(14)11(8)9/h3-7,12-14H,1-2H3. The first kappa shape index (κ1) is 9.09. The summed E-state index contributed by atoms with van der Waals surface area (Å²) in [6.45, 7) is 2.06. The number of benzene rings is 1. The molecule has 2 rings (SSSR count). The molecule has 0 aliphatic carbocycles. The summed E-state index contributed by atoms with van der Waals surface area (Å²) < 4.78 is 0. The molecule has 0 bridgehead atoms. The van der Waals surface area contributed by atoms with Crippen LogP contribution in [0.5, 0.6) is 5.75 Å². The Bertz CT molecular complexity index is 447. The molecule has 1 unspecified atom stereocenters. The van der Waals surface area contributed by atoms with E-state index >= 15 is 0 Å². The third-order valence-corrected chi connectivity index (χ3v) is 2.61. The van der Waals surface area contributed by atoms with Crippen molar-refractivity contribution in [2.75, 3.05) is 7.05 Å². The number of aromatic hydroxyl groups is 1. The van der Waals surface area contributed by atoms with Crippen LogP contribution < -0.4 is 5.32 Å². The maximum absolute atomic E-state index is 9.74. The molecule has 14 heavy (non-hydrogen) atoms. The maximum atomic E-state index is 9.74. The van der Waals surface area contributed by atoms with Crippen LogP contribution >= 0.6 is 0 Å². The Kier molecular flexibility index (Phi) is 2.17. The van der Waals surface area contributed by atoms with E-state index in [1.807, 2.05) is 25.4 Å². The van der Waals surface area contributed by atoms with Gasteiger partial charge in [0, 0.05) is 23.1 Å². The van der Waals surface area contributed by atoms with Crippen LogP contribution in [0.1, 0.15) is 18.5 Å². The van der Waals surface area contributed by atoms with E-state index in [9.17, 15) is 5.11 Å². The summed E-state index contributed by atoms with van der Waals surface area (Å²) in [7, 11) is 1.91. The summed E-state index contributed by atoms with van der Waals surface area (Å²) >= 11 is 0. The van der Waals surface area contributed by atoms with E-state index < -0.39 is 0 Å². The zero-order valence-electron chi connectivity index (χ0n) is 8.33. The van der Waals surface area contributed by atoms with Crippen molar-refractivity contribution in [1.29, 1.82) is 0 Å². The van der Waals surface area contributed by atoms with E-state index in [4.69, 9.17) is 0 Å². The van der Waals surface area contributed by atoms with E-state index in [1.165, 1.54) is 0 Å². The maximum Gasteiger partial charge on any atom is 0.125 e. The van der Waals surface area contributed by atoms with Crippen molar-refractivity contribution in [2.45, 2.75) is 13.0 Å². The summed E-state index contributed by atoms with van der Waals surface area (Å²) in [5.41, 5.74) is 2.07. The molecule has 0 saturated carbocycles. The first-order valence-corrected chi connectivity index (χ1v) is 4.70. The predicted octanol–water partition coefficient (Wildman–Crippen LogP) is 2.15. The second kappa shape index (κ2) is 3.35. The molecule has 74 valence electrons. The Balaban J connectivity index is 2.67. The first-order valence-electron chi connectivity index (χ1n) is 4.70. The molecule has 0 fully saturated rings. The zero-order chi connectivity index (χ0) is 10.1. The number of fused-ring (bicyclic) bond motifs is 1. The lowest BCUT2D eigenvalue weighted by molar-refractivity contribution is 0.480. The van der Waals surface area contributed by atoms with E-state index in [0.29, 0.717) is 5.75 Å². The van der Waals surface area contributed by atoms with Gasteiger partial charge >= 0.3 is 0 Å². The van der Waals surface area contributed by atoms with Gasteiger partial charge in [0.2, 0.25) is 0 Å². The largest absolute Gasteiger partial charge is 0.507 e. The van der Waals surface area contributed by atoms with Gasteiger partial charge in [0.25, 0.3) is 0 Å². The third-order valence-electron chi connectivity index (χ3n) is 2.61. The highest BCUT2D eigenvalue weighted by molar-refractivity contribution is 5.89. The molecule has 1 atom stereocenters. The van der Waals surface area contributed by atoms with Crippen molar-refractivity contribution in [2.24, 2.45) is 0 Å². The van der Waals surface area contributed by atoms with Crippen LogP contribution in [-0.2, 0) is 0 Å². The van der Waals surface area contributed by atoms with Crippen LogP contribution in [-0.4, -0.2) is 17.1 Å². The number of phenols is 1. The summed E-state index contributed by atoms with van der Waals surface area (Å²) in [6.07, 6.45) is 1.94. The number of phenolic OH excluding ortho intramolecular Hbond substituents is 1. The molecule has 3 nitrogen and oxygen atoms in total. The fraction of sp³-hybridized carbons (Fsp3) is 0.273. The number of hydrogen-bond acceptors (Lipinski definition) is 2. The number of aromatic amines is 1. The highest BCUT2D eigenvalue weighted by Gasteiger charge is 2.11. The molecule has 0 radical (unpaired) electrons. The van der Waals surface area contributed by atoms with Gasteiger partial charge < -0.3 is 15.4 Å². The average molecular weight is 190 g/mol. The number of aromatic nitrogens is 1. The van der Waals surface area contributed by atoms with Crippen molar-refractivity contribution in [3.8, 4) is 5.75 Å². The van der Waals surface area contributed by atoms with Gasteiger partial charge in [-0.25, -0.2) is 0 Å². The van der Waals surface area contributed by atoms with E-state index in [2.05, 4.69) is 17.2 Å². The van der Waals surface area contributed by atoms with Gasteiger partial charge in [-0.3, -0.25) is 0 Å². The van der Waals surface area contributed by atoms with Crippen molar-refractivity contribution in [3.63, 3.8) is 0 Å². The van der Waals surface area contributed by atoms with Crippen LogP contribution in [0.4, 0.5) is 0 Å². The molecular formula is C11H14N2O. The van der Waals surface area contributed by atoms with Gasteiger partial charge in [0.05, 0.1) is 0 Å². The molecule has 1 aromatic heterocycles. The quantitative estimate of drug-likeness (QED) is 0.679. The number of rotatable bonds is 2. The van der Waals surface area contributed by atoms with E-state index in [-0.39, 0.29) is 6.04 Å². The molecule has 2 aromatic rings. The van der Waals surface area contributed by atoms with E-state index in [1.54, 1.807) is 6.07 Å². The summed E-state index contributed by atoms with van der Waals surface area (Å²) in [6, 6.07) is 5.74. The minimum atomic E-state index is 0.233. The number of nitrogens with one attached hydrogen (secondary N) is 2. The van der Waals surface area contributed by atoms with Crippen LogP contribution in [0.2, 0.25) is 0 Å². The Morgan fingerprint density at radius 1 is 1.43 bits per heavy atom. The van der Waals surface area contributed by atoms with Crippen LogP contribution in [0, 0.1) is 0 Å². The highest BCUT2D eigenvalue weighted by atomic mass is 16.3. The summed E-state index contributed by atoms with van der Waals surface area (Å²) in [5, 5.41) is 13.8. The predicted molar refractivity (Wildman–Crippen MR) is 57.4 cm³/mol. The molecule has 0 spiro atoms. The third kappa shape index (κ3) is 1.26. The topological polar surface area (TPSA) is 48.0 Å². The van der Waals surface area contributed by atoms with Gasteiger partial charge in [-0.1, -0.05) is 6.07 Å². The fourth-order valence-electron chi connectivity index (χ4n) is 1.69. The molecule has 3 N–H and O–H groups in total. The van der Waals surface area contributed by atoms with Crippen LogP contribution in [0.3, 0.4) is 0 Å². The summed E-state index contributed by atoms with van der Waals surface area (Å²) in [4.78, 5) is 3.14. The lowest BCUT2D eigenvalue weighted by atomic mass is 10.1. The molecule has 0 aliphatic heterocycles. The van der Waals surface area contributed by atoms with Crippen LogP contribution in [0.15, 0.2) is 24.4 Å². The average Bonchev–Trinajstić information content (AvgIpc) is 2.62. The fourth-order valence-corrected chi connectivity index (χ4v) is 1.69. The first-order chi connectivity index (χ1) is 6.74. The second-order valence-corrected chi connectivity index (χ2v) is 3.45. The van der Waals surface area contributed by atoms with Crippen molar-refractivity contribution in [1.82, 2.24) is 10.3 Å². The Labute approximate surface area is 82.8 Å². The van der Waals surface area contributed by atoms with Gasteiger partial charge in [-0.2, -0.15) is 0 Å². The minimum Gasteiger partial charge on any atom is -0.507 e. The lowest BCUT2D eigenvalue weighted by Crippen LogP contribution is -2.11. The van der Waals surface area contributed by atoms with Crippen molar-refractivity contribution < 1.29 is 5.11 Å². The number of hydrogen-bond donors (Lipinski definition) is 3. The zero-order valence-corrected chi connectivity index (χ0v) is 8.33. The molecule has 0 aliphatic rings. The highest BCUT2D eigenvalue weighted by Crippen LogP contribution is 2.30. The second-order valence-electron chi connectivity index (χ2n) is 3.45. The Hall–Kier alpha value is -1.48. The normalized spacial score (nSPS) is 13.3. The molecule has 0 saturated heterocycles. The molecule has 1 heterocycles. The number of H-pyrrole nitrogens is 1. The monoisotopic (exact) mass is 190 g/mol. The van der Waals surface area contributed by atoms with Crippen molar-refractivity contribution >= 4 is 10.9 Å². The Morgan fingerprint density at radius 3 is 2.93 bits per heavy atom. The van der Waals surface area contributed by atoms with E-state index in [0.717, 1.165) is 16.5 Å². The molecule has 3 heteroatoms.